The van der Waals surface area contributed by atoms with Gasteiger partial charge in [0.15, 0.2) is 5.65 Å². The molecular formula is C41H42N10O4. The molecule has 0 radical (unpaired) electrons. The molecule has 14 heteroatoms. The van der Waals surface area contributed by atoms with Crippen molar-refractivity contribution >= 4 is 40.3 Å². The Morgan fingerprint density at radius 2 is 1.47 bits per heavy atom. The molecule has 4 fully saturated rings. The van der Waals surface area contributed by atoms with Crippen molar-refractivity contribution in [1.82, 2.24) is 39.8 Å². The summed E-state index contributed by atoms with van der Waals surface area (Å²) < 4.78 is 8.07. The van der Waals surface area contributed by atoms with E-state index in [0.29, 0.717) is 42.0 Å². The fourth-order valence-corrected chi connectivity index (χ4v) is 8.90. The summed E-state index contributed by atoms with van der Waals surface area (Å²) in [5, 5.41) is 8.68. The summed E-state index contributed by atoms with van der Waals surface area (Å²) in [6.45, 7) is 6.41. The highest BCUT2D eigenvalue weighted by molar-refractivity contribution is 6.23. The highest BCUT2D eigenvalue weighted by Gasteiger charge is 2.45. The van der Waals surface area contributed by atoms with Gasteiger partial charge in [0.2, 0.25) is 5.91 Å². The van der Waals surface area contributed by atoms with Gasteiger partial charge in [-0.1, -0.05) is 18.2 Å². The van der Waals surface area contributed by atoms with Gasteiger partial charge >= 0.3 is 0 Å². The molecule has 0 spiro atoms. The zero-order valence-electron chi connectivity index (χ0n) is 30.4. The van der Waals surface area contributed by atoms with Gasteiger partial charge in [-0.3, -0.25) is 29.1 Å². The lowest BCUT2D eigenvalue weighted by Gasteiger charge is -2.55. The van der Waals surface area contributed by atoms with Gasteiger partial charge in [-0.15, -0.1) is 0 Å². The van der Waals surface area contributed by atoms with E-state index >= 15 is 0 Å². The normalized spacial score (nSPS) is 21.5. The van der Waals surface area contributed by atoms with Gasteiger partial charge in [-0.25, -0.2) is 14.6 Å². The minimum absolute atomic E-state index is 0.209. The summed E-state index contributed by atoms with van der Waals surface area (Å²) in [4.78, 5) is 56.4. The SMILES string of the molecule is Nc1ncnc2c1c(-c1ccc(Oc3ccccc3)cc1)nn2C1CCN(C2CN(C3CN(c4ccc5c(c4)C(=O)N([C@@H]4CCCNC4=O)C5=O)C3)C2)CC1. The topological polar surface area (TPSA) is 155 Å². The number of anilines is 2. The summed E-state index contributed by atoms with van der Waals surface area (Å²) >= 11 is 0. The molecule has 0 aliphatic carbocycles. The van der Waals surface area contributed by atoms with Gasteiger partial charge in [0, 0.05) is 69.1 Å². The maximum Gasteiger partial charge on any atom is 0.262 e. The molecule has 2 aromatic heterocycles. The molecule has 4 saturated heterocycles. The third-order valence-electron chi connectivity index (χ3n) is 12.1. The highest BCUT2D eigenvalue weighted by Crippen LogP contribution is 2.37. The Morgan fingerprint density at radius 1 is 0.745 bits per heavy atom. The highest BCUT2D eigenvalue weighted by atomic mass is 16.5. The van der Waals surface area contributed by atoms with Crippen LogP contribution in [0.1, 0.15) is 52.4 Å². The number of likely N-dealkylation sites (tertiary alicyclic amines) is 2. The number of benzene rings is 3. The monoisotopic (exact) mass is 738 g/mol. The van der Waals surface area contributed by atoms with Crippen LogP contribution in [0.5, 0.6) is 11.5 Å². The van der Waals surface area contributed by atoms with Crippen LogP contribution < -0.4 is 20.7 Å². The number of aromatic nitrogens is 4. The Bertz CT molecular complexity index is 2290. The van der Waals surface area contributed by atoms with E-state index in [1.165, 1.54) is 6.33 Å². The van der Waals surface area contributed by atoms with Crippen LogP contribution >= 0.6 is 0 Å². The molecule has 3 N–H and O–H groups in total. The first-order chi connectivity index (χ1) is 26.9. The van der Waals surface area contributed by atoms with E-state index in [1.54, 1.807) is 6.07 Å². The molecule has 55 heavy (non-hydrogen) atoms. The average molecular weight is 739 g/mol. The molecule has 0 unspecified atom stereocenters. The third-order valence-corrected chi connectivity index (χ3v) is 12.1. The maximum atomic E-state index is 13.3. The molecule has 3 aromatic carbocycles. The average Bonchev–Trinajstić information content (AvgIpc) is 3.68. The quantitative estimate of drug-likeness (QED) is 0.223. The number of nitrogens with zero attached hydrogens (tertiary/aromatic N) is 8. The van der Waals surface area contributed by atoms with Gasteiger partial charge in [-0.2, -0.15) is 5.10 Å². The molecule has 0 bridgehead atoms. The van der Waals surface area contributed by atoms with E-state index < -0.39 is 6.04 Å². The van der Waals surface area contributed by atoms with Crippen molar-refractivity contribution in [2.45, 2.75) is 49.9 Å². The number of ether oxygens (including phenoxy) is 1. The van der Waals surface area contributed by atoms with Crippen LogP contribution in [0.4, 0.5) is 11.5 Å². The lowest BCUT2D eigenvalue weighted by atomic mass is 9.95. The summed E-state index contributed by atoms with van der Waals surface area (Å²) in [5.41, 5.74) is 10.6. The molecule has 3 amide bonds. The van der Waals surface area contributed by atoms with Crippen LogP contribution in [0.2, 0.25) is 0 Å². The molecule has 5 aliphatic heterocycles. The summed E-state index contributed by atoms with van der Waals surface area (Å²) in [6, 6.07) is 23.6. The Labute approximate surface area is 317 Å². The van der Waals surface area contributed by atoms with Crippen molar-refractivity contribution in [2.24, 2.45) is 0 Å². The first-order valence-electron chi connectivity index (χ1n) is 19.2. The van der Waals surface area contributed by atoms with Crippen molar-refractivity contribution in [1.29, 1.82) is 0 Å². The fourth-order valence-electron chi connectivity index (χ4n) is 8.90. The van der Waals surface area contributed by atoms with Gasteiger partial charge in [0.1, 0.15) is 35.4 Å². The maximum absolute atomic E-state index is 13.3. The van der Waals surface area contributed by atoms with Gasteiger partial charge in [0.25, 0.3) is 11.8 Å². The minimum Gasteiger partial charge on any atom is -0.457 e. The van der Waals surface area contributed by atoms with Crippen molar-refractivity contribution in [2.75, 3.05) is 56.4 Å². The number of amides is 3. The molecule has 280 valence electrons. The molecule has 5 aromatic rings. The zero-order valence-corrected chi connectivity index (χ0v) is 30.4. The number of nitrogens with one attached hydrogen (secondary N) is 1. The smallest absolute Gasteiger partial charge is 0.262 e. The van der Waals surface area contributed by atoms with Crippen LogP contribution in [0.25, 0.3) is 22.3 Å². The summed E-state index contributed by atoms with van der Waals surface area (Å²) in [6.07, 6.45) is 4.72. The van der Waals surface area contributed by atoms with Crippen LogP contribution in [0.15, 0.2) is 79.1 Å². The number of imide groups is 1. The molecule has 0 saturated carbocycles. The van der Waals surface area contributed by atoms with Crippen molar-refractivity contribution in [3.05, 3.63) is 90.3 Å². The molecule has 5 aliphatic rings. The molecular weight excluding hydrogens is 697 g/mol. The number of hydrogen-bond donors (Lipinski definition) is 2. The van der Waals surface area contributed by atoms with Crippen molar-refractivity contribution in [3.63, 3.8) is 0 Å². The van der Waals surface area contributed by atoms with Gasteiger partial charge in [0.05, 0.1) is 22.6 Å². The first-order valence-corrected chi connectivity index (χ1v) is 19.2. The Morgan fingerprint density at radius 3 is 2.24 bits per heavy atom. The number of carbonyl (C=O) groups is 3. The molecule has 1 atom stereocenters. The lowest BCUT2D eigenvalue weighted by molar-refractivity contribution is -0.126. The summed E-state index contributed by atoms with van der Waals surface area (Å²) in [7, 11) is 0. The number of nitrogen functional groups attached to an aromatic ring is 1. The van der Waals surface area contributed by atoms with Gasteiger partial charge < -0.3 is 20.7 Å². The summed E-state index contributed by atoms with van der Waals surface area (Å²) in [5.74, 6) is 0.963. The van der Waals surface area contributed by atoms with E-state index in [9.17, 15) is 14.4 Å². The minimum atomic E-state index is -0.731. The van der Waals surface area contributed by atoms with E-state index in [0.717, 1.165) is 103 Å². The molecule has 10 rings (SSSR count). The number of rotatable bonds is 8. The number of hydrogen-bond acceptors (Lipinski definition) is 11. The predicted molar refractivity (Wildman–Crippen MR) is 206 cm³/mol. The van der Waals surface area contributed by atoms with E-state index in [2.05, 4.69) is 34.7 Å². The Balaban J connectivity index is 0.742. The lowest BCUT2D eigenvalue weighted by Crippen LogP contribution is -2.70. The number of nitrogens with two attached hydrogens (primary N) is 1. The standard InChI is InChI=1S/C41H42N10O4/c42-37-35-36(25-8-11-31(12-9-25)55-30-5-2-1-3-6-30)46-51(38(35)45-24-44-37)26-14-17-47(18-15-26)28-20-49(21-28)29-22-48(23-29)27-10-13-32-33(19-27)41(54)50(40(32)53)34-7-4-16-43-39(34)52/h1-3,5-6,8-13,19,24,26,28-29,34H,4,7,14-18,20-23H2,(H,43,52)(H2,42,44,45)/t34-/m1/s1. The number of para-hydroxylation sites is 1. The molecule has 7 heterocycles. The second-order valence-electron chi connectivity index (χ2n) is 15.3. The Hall–Kier alpha value is -5.86. The van der Waals surface area contributed by atoms with Crippen LogP contribution in [-0.4, -0.2) is 116 Å². The third kappa shape index (κ3) is 5.87. The van der Waals surface area contributed by atoms with E-state index in [-0.39, 0.29) is 23.8 Å². The van der Waals surface area contributed by atoms with Crippen molar-refractivity contribution in [3.8, 4) is 22.8 Å². The second kappa shape index (κ2) is 13.5. The Kier molecular flexibility index (Phi) is 8.25. The van der Waals surface area contributed by atoms with E-state index in [4.69, 9.17) is 15.6 Å². The number of fused-ring (bicyclic) bond motifs is 2. The first kappa shape index (κ1) is 33.7. The van der Waals surface area contributed by atoms with Crippen LogP contribution in [0.3, 0.4) is 0 Å². The predicted octanol–water partition coefficient (Wildman–Crippen LogP) is 3.95. The van der Waals surface area contributed by atoms with Crippen LogP contribution in [-0.2, 0) is 4.79 Å². The van der Waals surface area contributed by atoms with E-state index in [1.807, 2.05) is 66.7 Å². The number of piperidine rings is 2. The number of carbonyl (C=O) groups excluding carboxylic acids is 3. The second-order valence-corrected chi connectivity index (χ2v) is 15.3. The van der Waals surface area contributed by atoms with Gasteiger partial charge in [-0.05, 0) is 80.3 Å². The van der Waals surface area contributed by atoms with Crippen LogP contribution in [0, 0.1) is 0 Å². The fraction of sp³-hybridized carbons (Fsp3) is 0.366. The molecule has 14 nitrogen and oxygen atoms in total. The largest absolute Gasteiger partial charge is 0.457 e. The zero-order chi connectivity index (χ0) is 37.2. The van der Waals surface area contributed by atoms with Crippen molar-refractivity contribution < 1.29 is 19.1 Å².